The van der Waals surface area contributed by atoms with E-state index in [9.17, 15) is 9.59 Å². The molecule has 0 bridgehead atoms. The number of likely N-dealkylation sites (N-methyl/N-ethyl adjacent to an activating group) is 1. The van der Waals surface area contributed by atoms with Crippen LogP contribution in [0.1, 0.15) is 19.4 Å². The highest BCUT2D eigenvalue weighted by Gasteiger charge is 2.20. The number of fused-ring (bicyclic) bond motifs is 1. The number of para-hydroxylation sites is 1. The third-order valence-electron chi connectivity index (χ3n) is 3.14. The Bertz CT molecular complexity index is 618. The van der Waals surface area contributed by atoms with Gasteiger partial charge in [-0.15, -0.1) is 0 Å². The van der Waals surface area contributed by atoms with Crippen molar-refractivity contribution < 1.29 is 9.59 Å². The maximum absolute atomic E-state index is 12.0. The number of nitrogens with one attached hydrogen (secondary N) is 3. The van der Waals surface area contributed by atoms with Crippen molar-refractivity contribution in [1.29, 1.82) is 0 Å². The first kappa shape index (κ1) is 14.1. The van der Waals surface area contributed by atoms with E-state index in [-0.39, 0.29) is 11.8 Å². The van der Waals surface area contributed by atoms with E-state index in [1.807, 2.05) is 37.4 Å². The summed E-state index contributed by atoms with van der Waals surface area (Å²) in [5.74, 6) is -0.367. The molecule has 3 N–H and O–H groups in total. The number of rotatable bonds is 5. The summed E-state index contributed by atoms with van der Waals surface area (Å²) in [5, 5.41) is 6.53. The fourth-order valence-corrected chi connectivity index (χ4v) is 2.27. The molecule has 5 heteroatoms. The van der Waals surface area contributed by atoms with Gasteiger partial charge < -0.3 is 15.6 Å². The van der Waals surface area contributed by atoms with Crippen LogP contribution in [0.2, 0.25) is 0 Å². The number of amides is 2. The average Bonchev–Trinajstić information content (AvgIpc) is 2.81. The van der Waals surface area contributed by atoms with E-state index in [0.717, 1.165) is 16.5 Å². The lowest BCUT2D eigenvalue weighted by Crippen LogP contribution is -2.47. The highest BCUT2D eigenvalue weighted by Crippen LogP contribution is 2.19. The van der Waals surface area contributed by atoms with E-state index in [4.69, 9.17) is 0 Å². The van der Waals surface area contributed by atoms with Gasteiger partial charge in [0, 0.05) is 37.0 Å². The molecule has 2 rings (SSSR count). The molecule has 106 valence electrons. The Balaban J connectivity index is 2.22. The quantitative estimate of drug-likeness (QED) is 0.769. The molecule has 2 aromatic rings. The zero-order valence-corrected chi connectivity index (χ0v) is 11.7. The Morgan fingerprint density at radius 3 is 2.75 bits per heavy atom. The third kappa shape index (κ3) is 3.17. The maximum Gasteiger partial charge on any atom is 0.242 e. The molecule has 1 aromatic heterocycles. The Kier molecular flexibility index (Phi) is 4.40. The van der Waals surface area contributed by atoms with Gasteiger partial charge in [-0.2, -0.15) is 0 Å². The molecule has 0 saturated heterocycles. The van der Waals surface area contributed by atoms with Crippen LogP contribution in [0.25, 0.3) is 10.9 Å². The summed E-state index contributed by atoms with van der Waals surface area (Å²) in [6, 6.07) is 7.35. The fraction of sp³-hybridized carbons (Fsp3) is 0.333. The lowest BCUT2D eigenvalue weighted by atomic mass is 10.0. The second-order valence-corrected chi connectivity index (χ2v) is 4.71. The number of carbonyl (C=O) groups is 2. The molecule has 1 aromatic carbocycles. The van der Waals surface area contributed by atoms with Gasteiger partial charge in [0.05, 0.1) is 0 Å². The van der Waals surface area contributed by atoms with Gasteiger partial charge in [-0.3, -0.25) is 9.59 Å². The first-order valence-corrected chi connectivity index (χ1v) is 6.71. The molecule has 20 heavy (non-hydrogen) atoms. The molecular weight excluding hydrogens is 254 g/mol. The monoisotopic (exact) mass is 273 g/mol. The van der Waals surface area contributed by atoms with E-state index in [1.165, 1.54) is 6.92 Å². The van der Waals surface area contributed by atoms with Gasteiger partial charge in [0.1, 0.15) is 6.04 Å². The molecule has 1 atom stereocenters. The number of hydrogen-bond acceptors (Lipinski definition) is 2. The number of hydrogen-bond donors (Lipinski definition) is 3. The topological polar surface area (TPSA) is 74.0 Å². The predicted molar refractivity (Wildman–Crippen MR) is 78.3 cm³/mol. The molecule has 0 radical (unpaired) electrons. The maximum atomic E-state index is 12.0. The van der Waals surface area contributed by atoms with Gasteiger partial charge in [-0.1, -0.05) is 18.2 Å². The summed E-state index contributed by atoms with van der Waals surface area (Å²) in [6.07, 6.45) is 2.36. The molecule has 0 spiro atoms. The van der Waals surface area contributed by atoms with E-state index in [1.54, 1.807) is 0 Å². The van der Waals surface area contributed by atoms with Crippen LogP contribution >= 0.6 is 0 Å². The van der Waals surface area contributed by atoms with Crippen LogP contribution in [-0.4, -0.2) is 29.4 Å². The Morgan fingerprint density at radius 2 is 2.05 bits per heavy atom. The normalized spacial score (nSPS) is 12.1. The molecule has 0 fully saturated rings. The highest BCUT2D eigenvalue weighted by atomic mass is 16.2. The molecular formula is C15H19N3O2. The minimum Gasteiger partial charge on any atom is -0.361 e. The molecule has 1 heterocycles. The SMILES string of the molecule is CCNC(=O)[C@H](Cc1c[nH]c2ccccc12)NC(C)=O. The standard InChI is InChI=1S/C15H19N3O2/c1-3-16-15(20)14(18-10(2)19)8-11-9-17-13-7-5-4-6-12(11)13/h4-7,9,14,17H,3,8H2,1-2H3,(H,16,20)(H,18,19)/t14-/m0/s1. The van der Waals surface area contributed by atoms with E-state index in [2.05, 4.69) is 15.6 Å². The number of H-pyrrole nitrogens is 1. The summed E-state index contributed by atoms with van der Waals surface area (Å²) in [5.41, 5.74) is 2.05. The molecule has 5 nitrogen and oxygen atoms in total. The minimum absolute atomic E-state index is 0.159. The minimum atomic E-state index is -0.549. The summed E-state index contributed by atoms with van der Waals surface area (Å²) in [4.78, 5) is 26.4. The summed E-state index contributed by atoms with van der Waals surface area (Å²) in [7, 11) is 0. The van der Waals surface area contributed by atoms with Crippen molar-refractivity contribution in [3.63, 3.8) is 0 Å². The van der Waals surface area contributed by atoms with Crippen LogP contribution in [0.3, 0.4) is 0 Å². The Hall–Kier alpha value is -2.30. The highest BCUT2D eigenvalue weighted by molar-refractivity contribution is 5.89. The largest absolute Gasteiger partial charge is 0.361 e. The fourth-order valence-electron chi connectivity index (χ4n) is 2.27. The number of benzene rings is 1. The molecule has 0 aliphatic rings. The summed E-state index contributed by atoms with van der Waals surface area (Å²) >= 11 is 0. The average molecular weight is 273 g/mol. The van der Waals surface area contributed by atoms with Crippen LogP contribution in [-0.2, 0) is 16.0 Å². The van der Waals surface area contributed by atoms with E-state index >= 15 is 0 Å². The van der Waals surface area contributed by atoms with Gasteiger partial charge in [-0.25, -0.2) is 0 Å². The number of carbonyl (C=O) groups excluding carboxylic acids is 2. The zero-order chi connectivity index (χ0) is 14.5. The number of aromatic amines is 1. The van der Waals surface area contributed by atoms with Crippen molar-refractivity contribution in [2.24, 2.45) is 0 Å². The van der Waals surface area contributed by atoms with E-state index < -0.39 is 6.04 Å². The van der Waals surface area contributed by atoms with Crippen molar-refractivity contribution in [1.82, 2.24) is 15.6 Å². The van der Waals surface area contributed by atoms with Crippen molar-refractivity contribution in [3.05, 3.63) is 36.0 Å². The van der Waals surface area contributed by atoms with Gasteiger partial charge in [0.15, 0.2) is 0 Å². The summed E-state index contributed by atoms with van der Waals surface area (Å²) < 4.78 is 0. The third-order valence-corrected chi connectivity index (χ3v) is 3.14. The van der Waals surface area contributed by atoms with Gasteiger partial charge in [-0.05, 0) is 18.6 Å². The van der Waals surface area contributed by atoms with Crippen LogP contribution in [0, 0.1) is 0 Å². The predicted octanol–water partition coefficient (Wildman–Crippen LogP) is 1.35. The van der Waals surface area contributed by atoms with E-state index in [0.29, 0.717) is 13.0 Å². The Labute approximate surface area is 117 Å². The van der Waals surface area contributed by atoms with Crippen molar-refractivity contribution in [2.45, 2.75) is 26.3 Å². The molecule has 0 aliphatic heterocycles. The van der Waals surface area contributed by atoms with Gasteiger partial charge in [0.25, 0.3) is 0 Å². The number of aromatic nitrogens is 1. The second kappa shape index (κ2) is 6.23. The Morgan fingerprint density at radius 1 is 1.30 bits per heavy atom. The lowest BCUT2D eigenvalue weighted by molar-refractivity contribution is -0.128. The lowest BCUT2D eigenvalue weighted by Gasteiger charge is -2.16. The first-order chi connectivity index (χ1) is 9.61. The van der Waals surface area contributed by atoms with Crippen molar-refractivity contribution in [3.8, 4) is 0 Å². The van der Waals surface area contributed by atoms with Crippen molar-refractivity contribution in [2.75, 3.05) is 6.54 Å². The van der Waals surface area contributed by atoms with Crippen LogP contribution in [0.4, 0.5) is 0 Å². The molecule has 2 amide bonds. The summed E-state index contributed by atoms with van der Waals surface area (Å²) in [6.45, 7) is 3.82. The van der Waals surface area contributed by atoms with Crippen LogP contribution < -0.4 is 10.6 Å². The van der Waals surface area contributed by atoms with Crippen molar-refractivity contribution >= 4 is 22.7 Å². The van der Waals surface area contributed by atoms with Crippen LogP contribution in [0.5, 0.6) is 0 Å². The van der Waals surface area contributed by atoms with Gasteiger partial charge >= 0.3 is 0 Å². The van der Waals surface area contributed by atoms with Gasteiger partial charge in [0.2, 0.25) is 11.8 Å². The molecule has 0 unspecified atom stereocenters. The second-order valence-electron chi connectivity index (χ2n) is 4.71. The first-order valence-electron chi connectivity index (χ1n) is 6.71. The van der Waals surface area contributed by atoms with Crippen LogP contribution in [0.15, 0.2) is 30.5 Å². The molecule has 0 saturated carbocycles. The molecule has 0 aliphatic carbocycles. The smallest absolute Gasteiger partial charge is 0.242 e. The zero-order valence-electron chi connectivity index (χ0n) is 11.7.